The zero-order valence-corrected chi connectivity index (χ0v) is 16.5. The Morgan fingerprint density at radius 1 is 1.03 bits per heavy atom. The van der Waals surface area contributed by atoms with Crippen molar-refractivity contribution in [1.82, 2.24) is 8.87 Å². The summed E-state index contributed by atoms with van der Waals surface area (Å²) in [4.78, 5) is 10.4. The van der Waals surface area contributed by atoms with E-state index in [1.807, 2.05) is 35.0 Å². The van der Waals surface area contributed by atoms with Crippen LogP contribution in [0, 0.1) is 10.1 Å². The lowest BCUT2D eigenvalue weighted by molar-refractivity contribution is -0.384. The average Bonchev–Trinajstić information content (AvgIpc) is 3.22. The Morgan fingerprint density at radius 2 is 1.72 bits per heavy atom. The molecule has 9 heteroatoms. The molecule has 0 saturated heterocycles. The number of methoxy groups -OCH3 is 1. The molecule has 0 radical (unpaired) electrons. The standard InChI is InChI=1S/C20H19N3O5S/c1-28-17-8-4-15(5-9-17)20-19-3-2-12-21(19)13-14-22(20)29(26,27)18-10-6-16(7-11-18)23(24)25/h2-12,20H,13-14H2,1H3/t20-/m1/s1. The Labute approximate surface area is 168 Å². The molecule has 0 amide bonds. The van der Waals surface area contributed by atoms with E-state index < -0.39 is 21.0 Å². The van der Waals surface area contributed by atoms with E-state index >= 15 is 0 Å². The highest BCUT2D eigenvalue weighted by Gasteiger charge is 2.37. The molecule has 2 aromatic carbocycles. The largest absolute Gasteiger partial charge is 0.497 e. The minimum absolute atomic E-state index is 0.0293. The third-order valence-corrected chi connectivity index (χ3v) is 6.96. The highest BCUT2D eigenvalue weighted by molar-refractivity contribution is 7.89. The molecule has 4 rings (SSSR count). The first kappa shape index (κ1) is 19.2. The molecule has 1 aromatic heterocycles. The van der Waals surface area contributed by atoms with Crippen molar-refractivity contribution < 1.29 is 18.1 Å². The SMILES string of the molecule is COc1ccc([C@@H]2c3cccn3CCN2S(=O)(=O)c2ccc([N+](=O)[O-])cc2)cc1. The van der Waals surface area contributed by atoms with E-state index in [0.717, 1.165) is 11.3 Å². The molecule has 1 aliphatic heterocycles. The van der Waals surface area contributed by atoms with Crippen molar-refractivity contribution in [3.8, 4) is 5.75 Å². The fraction of sp³-hybridized carbons (Fsp3) is 0.200. The number of hydrogen-bond donors (Lipinski definition) is 0. The van der Waals surface area contributed by atoms with E-state index in [4.69, 9.17) is 4.74 Å². The Balaban J connectivity index is 1.78. The molecule has 0 spiro atoms. The van der Waals surface area contributed by atoms with Gasteiger partial charge in [-0.25, -0.2) is 8.42 Å². The average molecular weight is 413 g/mol. The molecule has 1 atom stereocenters. The van der Waals surface area contributed by atoms with Crippen molar-refractivity contribution in [2.75, 3.05) is 13.7 Å². The Bertz CT molecular complexity index is 1140. The number of sulfonamides is 1. The molecule has 0 aliphatic carbocycles. The normalized spacial score (nSPS) is 16.9. The molecule has 0 unspecified atom stereocenters. The summed E-state index contributed by atoms with van der Waals surface area (Å²) in [6.07, 6.45) is 1.93. The lowest BCUT2D eigenvalue weighted by Crippen LogP contribution is -2.42. The first-order valence-electron chi connectivity index (χ1n) is 8.97. The molecule has 150 valence electrons. The van der Waals surface area contributed by atoms with E-state index in [9.17, 15) is 18.5 Å². The van der Waals surface area contributed by atoms with Gasteiger partial charge in [0.05, 0.1) is 23.0 Å². The maximum Gasteiger partial charge on any atom is 0.269 e. The van der Waals surface area contributed by atoms with E-state index in [0.29, 0.717) is 12.3 Å². The van der Waals surface area contributed by atoms with Crippen LogP contribution in [0.4, 0.5) is 5.69 Å². The number of nitro benzene ring substituents is 1. The van der Waals surface area contributed by atoms with Gasteiger partial charge >= 0.3 is 0 Å². The zero-order chi connectivity index (χ0) is 20.6. The fourth-order valence-electron chi connectivity index (χ4n) is 3.62. The molecular weight excluding hydrogens is 394 g/mol. The number of non-ortho nitro benzene ring substituents is 1. The molecule has 29 heavy (non-hydrogen) atoms. The van der Waals surface area contributed by atoms with E-state index in [1.54, 1.807) is 19.2 Å². The predicted molar refractivity (Wildman–Crippen MR) is 106 cm³/mol. The zero-order valence-electron chi connectivity index (χ0n) is 15.6. The molecule has 0 N–H and O–H groups in total. The van der Waals surface area contributed by atoms with Crippen molar-refractivity contribution in [3.63, 3.8) is 0 Å². The topological polar surface area (TPSA) is 94.7 Å². The molecule has 8 nitrogen and oxygen atoms in total. The number of rotatable bonds is 5. The quantitative estimate of drug-likeness (QED) is 0.473. The summed E-state index contributed by atoms with van der Waals surface area (Å²) in [5.41, 5.74) is 1.53. The number of fused-ring (bicyclic) bond motifs is 1. The van der Waals surface area contributed by atoms with Gasteiger partial charge in [0.15, 0.2) is 0 Å². The summed E-state index contributed by atoms with van der Waals surface area (Å²) in [5, 5.41) is 10.9. The Kier molecular flexibility index (Phi) is 4.85. The molecule has 2 heterocycles. The van der Waals surface area contributed by atoms with E-state index in [1.165, 1.54) is 28.6 Å². The van der Waals surface area contributed by atoms with Gasteiger partial charge in [-0.3, -0.25) is 10.1 Å². The van der Waals surface area contributed by atoms with Gasteiger partial charge in [0.25, 0.3) is 5.69 Å². The van der Waals surface area contributed by atoms with Crippen LogP contribution in [0.5, 0.6) is 5.75 Å². The van der Waals surface area contributed by atoms with Crippen molar-refractivity contribution in [1.29, 1.82) is 0 Å². The Hall–Kier alpha value is -3.17. The minimum Gasteiger partial charge on any atom is -0.497 e. The smallest absolute Gasteiger partial charge is 0.269 e. The van der Waals surface area contributed by atoms with Gasteiger partial charge in [-0.1, -0.05) is 12.1 Å². The highest BCUT2D eigenvalue weighted by Crippen LogP contribution is 2.37. The number of nitro groups is 1. The van der Waals surface area contributed by atoms with E-state index in [-0.39, 0.29) is 17.1 Å². The van der Waals surface area contributed by atoms with Crippen molar-refractivity contribution in [2.24, 2.45) is 0 Å². The van der Waals surface area contributed by atoms with Gasteiger partial charge in [-0.15, -0.1) is 0 Å². The van der Waals surface area contributed by atoms with Crippen molar-refractivity contribution in [3.05, 3.63) is 88.2 Å². The predicted octanol–water partition coefficient (Wildman–Crippen LogP) is 3.20. The molecule has 0 saturated carbocycles. The van der Waals surface area contributed by atoms with Crippen LogP contribution < -0.4 is 4.74 Å². The lowest BCUT2D eigenvalue weighted by atomic mass is 10.0. The maximum absolute atomic E-state index is 13.4. The minimum atomic E-state index is -3.87. The highest BCUT2D eigenvalue weighted by atomic mass is 32.2. The van der Waals surface area contributed by atoms with Crippen molar-refractivity contribution in [2.45, 2.75) is 17.5 Å². The van der Waals surface area contributed by atoms with Gasteiger partial charge in [0.2, 0.25) is 10.0 Å². The number of ether oxygens (including phenoxy) is 1. The molecule has 0 bridgehead atoms. The van der Waals surface area contributed by atoms with E-state index in [2.05, 4.69) is 0 Å². The monoisotopic (exact) mass is 413 g/mol. The third-order valence-electron chi connectivity index (χ3n) is 5.08. The summed E-state index contributed by atoms with van der Waals surface area (Å²) in [6, 6.07) is 15.6. The van der Waals surface area contributed by atoms with Gasteiger partial charge in [-0.05, 0) is 42.0 Å². The third kappa shape index (κ3) is 3.39. The molecule has 0 fully saturated rings. The second-order valence-corrected chi connectivity index (χ2v) is 8.56. The van der Waals surface area contributed by atoms with Crippen LogP contribution in [0.3, 0.4) is 0 Å². The number of hydrogen-bond acceptors (Lipinski definition) is 5. The molecule has 3 aromatic rings. The second kappa shape index (κ2) is 7.34. The molecule has 1 aliphatic rings. The van der Waals surface area contributed by atoms with Crippen LogP contribution in [0.15, 0.2) is 71.8 Å². The summed E-state index contributed by atoms with van der Waals surface area (Å²) < 4.78 is 35.6. The maximum atomic E-state index is 13.4. The van der Waals surface area contributed by atoms with Gasteiger partial charge in [0.1, 0.15) is 5.75 Å². The van der Waals surface area contributed by atoms with Crippen LogP contribution in [0.25, 0.3) is 0 Å². The van der Waals surface area contributed by atoms with Gasteiger partial charge in [-0.2, -0.15) is 4.31 Å². The summed E-state index contributed by atoms with van der Waals surface area (Å²) >= 11 is 0. The number of aromatic nitrogens is 1. The van der Waals surface area contributed by atoms with Crippen LogP contribution in [-0.2, 0) is 16.6 Å². The first-order chi connectivity index (χ1) is 13.9. The number of nitrogens with zero attached hydrogens (tertiary/aromatic N) is 3. The van der Waals surface area contributed by atoms with Crippen molar-refractivity contribution >= 4 is 15.7 Å². The Morgan fingerprint density at radius 3 is 2.34 bits per heavy atom. The van der Waals surface area contributed by atoms with Crippen LogP contribution in [-0.4, -0.2) is 35.9 Å². The fourth-order valence-corrected chi connectivity index (χ4v) is 5.20. The lowest BCUT2D eigenvalue weighted by Gasteiger charge is -2.36. The summed E-state index contributed by atoms with van der Waals surface area (Å²) in [7, 11) is -2.30. The van der Waals surface area contributed by atoms with Gasteiger partial charge in [0, 0.05) is 37.1 Å². The van der Waals surface area contributed by atoms with Crippen LogP contribution >= 0.6 is 0 Å². The van der Waals surface area contributed by atoms with Crippen LogP contribution in [0.2, 0.25) is 0 Å². The summed E-state index contributed by atoms with van der Waals surface area (Å²) in [5.74, 6) is 0.685. The second-order valence-electron chi connectivity index (χ2n) is 6.67. The van der Waals surface area contributed by atoms with Gasteiger partial charge < -0.3 is 9.30 Å². The van der Waals surface area contributed by atoms with Crippen LogP contribution in [0.1, 0.15) is 17.3 Å². The first-order valence-corrected chi connectivity index (χ1v) is 10.4. The molecular formula is C20H19N3O5S. The number of benzene rings is 2. The summed E-state index contributed by atoms with van der Waals surface area (Å²) in [6.45, 7) is 0.818.